The summed E-state index contributed by atoms with van der Waals surface area (Å²) in [6.07, 6.45) is 1.41. The van der Waals surface area contributed by atoms with Crippen molar-refractivity contribution in [3.63, 3.8) is 0 Å². The van der Waals surface area contributed by atoms with Gasteiger partial charge in [-0.05, 0) is 36.8 Å². The summed E-state index contributed by atoms with van der Waals surface area (Å²) in [6, 6.07) is 14.5. The fraction of sp³-hybridized carbons (Fsp3) is 0.150. The van der Waals surface area contributed by atoms with Gasteiger partial charge in [-0.2, -0.15) is 0 Å². The zero-order valence-electron chi connectivity index (χ0n) is 14.3. The first-order chi connectivity index (χ1) is 13.1. The lowest BCUT2D eigenvalue weighted by atomic mass is 10.2. The number of halogens is 1. The van der Waals surface area contributed by atoms with Gasteiger partial charge in [0.2, 0.25) is 5.91 Å². The molecule has 4 rings (SSSR count). The quantitative estimate of drug-likeness (QED) is 0.685. The largest absolute Gasteiger partial charge is 0.312 e. The van der Waals surface area contributed by atoms with Crippen LogP contribution < -0.4 is 10.2 Å². The van der Waals surface area contributed by atoms with Crippen LogP contribution in [0.4, 0.5) is 10.8 Å². The molecule has 2 heterocycles. The zero-order chi connectivity index (χ0) is 18.8. The van der Waals surface area contributed by atoms with Gasteiger partial charge in [-0.1, -0.05) is 29.8 Å². The summed E-state index contributed by atoms with van der Waals surface area (Å²) in [4.78, 5) is 30.7. The van der Waals surface area contributed by atoms with E-state index in [0.717, 1.165) is 23.4 Å². The van der Waals surface area contributed by atoms with Gasteiger partial charge in [-0.25, -0.2) is 4.98 Å². The summed E-state index contributed by atoms with van der Waals surface area (Å²) < 4.78 is 0. The minimum atomic E-state index is -0.250. The monoisotopic (exact) mass is 397 g/mol. The van der Waals surface area contributed by atoms with Crippen molar-refractivity contribution < 1.29 is 9.59 Å². The van der Waals surface area contributed by atoms with Gasteiger partial charge in [0.05, 0.1) is 5.69 Å². The summed E-state index contributed by atoms with van der Waals surface area (Å²) >= 11 is 7.27. The van der Waals surface area contributed by atoms with Crippen LogP contribution in [0.2, 0.25) is 5.02 Å². The number of hydrogen-bond acceptors (Lipinski definition) is 4. The SMILES string of the molecule is O=C(Nc1nc(-c2ccc(Cl)cc2)cs1)c1cccc(N2CCCC2=O)c1. The summed E-state index contributed by atoms with van der Waals surface area (Å²) in [5.41, 5.74) is 2.97. The van der Waals surface area contributed by atoms with E-state index in [0.29, 0.717) is 28.7 Å². The molecule has 2 amide bonds. The molecule has 136 valence electrons. The molecule has 0 aliphatic carbocycles. The van der Waals surface area contributed by atoms with Crippen molar-refractivity contribution in [3.05, 3.63) is 64.5 Å². The third-order valence-corrected chi connectivity index (χ3v) is 5.37. The molecule has 0 spiro atoms. The van der Waals surface area contributed by atoms with Crippen molar-refractivity contribution in [1.82, 2.24) is 4.98 Å². The molecule has 1 fully saturated rings. The summed E-state index contributed by atoms with van der Waals surface area (Å²) in [5, 5.41) is 5.90. The van der Waals surface area contributed by atoms with E-state index < -0.39 is 0 Å². The number of amides is 2. The van der Waals surface area contributed by atoms with Crippen molar-refractivity contribution in [2.24, 2.45) is 0 Å². The lowest BCUT2D eigenvalue weighted by molar-refractivity contribution is -0.117. The minimum absolute atomic E-state index is 0.0973. The molecule has 3 aromatic rings. The van der Waals surface area contributed by atoms with E-state index in [-0.39, 0.29) is 11.8 Å². The molecular weight excluding hydrogens is 382 g/mol. The van der Waals surface area contributed by atoms with Crippen LogP contribution in [0.15, 0.2) is 53.9 Å². The molecule has 27 heavy (non-hydrogen) atoms. The number of carbonyl (C=O) groups excluding carboxylic acids is 2. The van der Waals surface area contributed by atoms with Gasteiger partial charge in [0.15, 0.2) is 5.13 Å². The smallest absolute Gasteiger partial charge is 0.257 e. The molecule has 5 nitrogen and oxygen atoms in total. The Hall–Kier alpha value is -2.70. The van der Waals surface area contributed by atoms with Gasteiger partial charge >= 0.3 is 0 Å². The molecule has 0 atom stereocenters. The molecule has 1 N–H and O–H groups in total. The molecule has 1 saturated heterocycles. The van der Waals surface area contributed by atoms with E-state index in [1.165, 1.54) is 11.3 Å². The van der Waals surface area contributed by atoms with Crippen LogP contribution in [0.3, 0.4) is 0 Å². The summed E-state index contributed by atoms with van der Waals surface area (Å²) in [7, 11) is 0. The highest BCUT2D eigenvalue weighted by molar-refractivity contribution is 7.14. The van der Waals surface area contributed by atoms with Crippen molar-refractivity contribution >= 4 is 45.6 Å². The Kier molecular flexibility index (Phi) is 4.92. The number of rotatable bonds is 4. The molecule has 0 radical (unpaired) electrons. The van der Waals surface area contributed by atoms with Gasteiger partial charge in [0, 0.05) is 40.2 Å². The Morgan fingerprint density at radius 1 is 1.19 bits per heavy atom. The number of nitrogens with zero attached hydrogens (tertiary/aromatic N) is 2. The van der Waals surface area contributed by atoms with E-state index in [9.17, 15) is 9.59 Å². The number of hydrogen-bond donors (Lipinski definition) is 1. The number of nitrogens with one attached hydrogen (secondary N) is 1. The summed E-state index contributed by atoms with van der Waals surface area (Å²) in [6.45, 7) is 0.695. The second kappa shape index (κ2) is 7.50. The number of benzene rings is 2. The second-order valence-electron chi connectivity index (χ2n) is 6.20. The fourth-order valence-corrected chi connectivity index (χ4v) is 3.83. The Balaban J connectivity index is 1.50. The highest BCUT2D eigenvalue weighted by atomic mass is 35.5. The molecule has 0 bridgehead atoms. The molecule has 1 aliphatic heterocycles. The van der Waals surface area contributed by atoms with E-state index in [1.54, 1.807) is 35.2 Å². The molecular formula is C20H16ClN3O2S. The molecule has 1 aromatic heterocycles. The number of aromatic nitrogens is 1. The number of carbonyl (C=O) groups is 2. The first kappa shape index (κ1) is 17.7. The maximum absolute atomic E-state index is 12.6. The topological polar surface area (TPSA) is 62.3 Å². The van der Waals surface area contributed by atoms with Crippen LogP contribution in [-0.4, -0.2) is 23.3 Å². The Bertz CT molecular complexity index is 1000. The van der Waals surface area contributed by atoms with Crippen molar-refractivity contribution in [2.75, 3.05) is 16.8 Å². The Morgan fingerprint density at radius 3 is 2.74 bits per heavy atom. The van der Waals surface area contributed by atoms with Crippen LogP contribution in [-0.2, 0) is 4.79 Å². The van der Waals surface area contributed by atoms with E-state index in [4.69, 9.17) is 11.6 Å². The van der Waals surface area contributed by atoms with Crippen molar-refractivity contribution in [3.8, 4) is 11.3 Å². The van der Waals surface area contributed by atoms with Gasteiger partial charge in [-0.3, -0.25) is 14.9 Å². The first-order valence-corrected chi connectivity index (χ1v) is 9.79. The third kappa shape index (κ3) is 3.86. The minimum Gasteiger partial charge on any atom is -0.312 e. The fourth-order valence-electron chi connectivity index (χ4n) is 2.99. The standard InChI is InChI=1S/C20H16ClN3O2S/c21-15-8-6-13(7-9-15)17-12-27-20(22-17)23-19(26)14-3-1-4-16(11-14)24-10-2-5-18(24)25/h1,3-4,6-9,11-12H,2,5,10H2,(H,22,23,26). The number of thiazole rings is 1. The van der Waals surface area contributed by atoms with Gasteiger partial charge in [-0.15, -0.1) is 11.3 Å². The third-order valence-electron chi connectivity index (χ3n) is 4.36. The lowest BCUT2D eigenvalue weighted by Crippen LogP contribution is -2.24. The van der Waals surface area contributed by atoms with Crippen LogP contribution in [0, 0.1) is 0 Å². The molecule has 0 unspecified atom stereocenters. The Morgan fingerprint density at radius 2 is 2.00 bits per heavy atom. The van der Waals surface area contributed by atoms with Crippen molar-refractivity contribution in [1.29, 1.82) is 0 Å². The van der Waals surface area contributed by atoms with Gasteiger partial charge < -0.3 is 4.90 Å². The van der Waals surface area contributed by atoms with Crippen LogP contribution in [0.25, 0.3) is 11.3 Å². The van der Waals surface area contributed by atoms with E-state index in [1.807, 2.05) is 23.6 Å². The second-order valence-corrected chi connectivity index (χ2v) is 7.49. The predicted molar refractivity (Wildman–Crippen MR) is 109 cm³/mol. The maximum atomic E-state index is 12.6. The molecule has 2 aromatic carbocycles. The molecule has 7 heteroatoms. The van der Waals surface area contributed by atoms with E-state index >= 15 is 0 Å². The van der Waals surface area contributed by atoms with Crippen molar-refractivity contribution in [2.45, 2.75) is 12.8 Å². The average molecular weight is 398 g/mol. The van der Waals surface area contributed by atoms with Gasteiger partial charge in [0.25, 0.3) is 5.91 Å². The maximum Gasteiger partial charge on any atom is 0.257 e. The van der Waals surface area contributed by atoms with Crippen LogP contribution in [0.1, 0.15) is 23.2 Å². The van der Waals surface area contributed by atoms with Gasteiger partial charge in [0.1, 0.15) is 0 Å². The highest BCUT2D eigenvalue weighted by Crippen LogP contribution is 2.27. The van der Waals surface area contributed by atoms with Crippen LogP contribution >= 0.6 is 22.9 Å². The zero-order valence-corrected chi connectivity index (χ0v) is 15.9. The molecule has 0 saturated carbocycles. The first-order valence-electron chi connectivity index (χ1n) is 8.53. The Labute approximate surface area is 165 Å². The number of anilines is 2. The lowest BCUT2D eigenvalue weighted by Gasteiger charge is -2.16. The predicted octanol–water partition coefficient (Wildman–Crippen LogP) is 4.84. The summed E-state index contributed by atoms with van der Waals surface area (Å²) in [5.74, 6) is -0.152. The highest BCUT2D eigenvalue weighted by Gasteiger charge is 2.22. The average Bonchev–Trinajstić information content (AvgIpc) is 3.31. The van der Waals surface area contributed by atoms with E-state index in [2.05, 4.69) is 10.3 Å². The van der Waals surface area contributed by atoms with Crippen LogP contribution in [0.5, 0.6) is 0 Å². The molecule has 1 aliphatic rings. The normalized spacial score (nSPS) is 13.8.